The first-order chi connectivity index (χ1) is 4.70. The van der Waals surface area contributed by atoms with Gasteiger partial charge in [-0.1, -0.05) is 5.16 Å². The van der Waals surface area contributed by atoms with E-state index in [4.69, 9.17) is 15.8 Å². The zero-order valence-electron chi connectivity index (χ0n) is 6.16. The fourth-order valence-corrected chi connectivity index (χ4v) is 0.272. The summed E-state index contributed by atoms with van der Waals surface area (Å²) in [4.78, 5) is 4.77. The number of hydrogen-bond donors (Lipinski definition) is 1. The molecule has 0 aromatic rings. The van der Waals surface area contributed by atoms with Gasteiger partial charge in [-0.3, -0.25) is 0 Å². The number of nitrogens with zero attached hydrogens (tertiary/aromatic N) is 2. The second-order valence-corrected chi connectivity index (χ2v) is 2.01. The first-order valence-corrected chi connectivity index (χ1v) is 3.03. The van der Waals surface area contributed by atoms with Crippen molar-refractivity contribution < 1.29 is 4.84 Å². The van der Waals surface area contributed by atoms with Crippen molar-refractivity contribution in [1.29, 1.82) is 5.26 Å². The highest BCUT2D eigenvalue weighted by atomic mass is 16.6. The summed E-state index contributed by atoms with van der Waals surface area (Å²) in [5.74, 6) is 0. The molecule has 0 unspecified atom stereocenters. The van der Waals surface area contributed by atoms with Crippen LogP contribution in [0.2, 0.25) is 0 Å². The molecule has 0 aromatic carbocycles. The summed E-state index contributed by atoms with van der Waals surface area (Å²) in [6.45, 7) is 3.78. The molecule has 0 fully saturated rings. The molecule has 4 heteroatoms. The molecule has 0 radical (unpaired) electrons. The van der Waals surface area contributed by atoms with Gasteiger partial charge in [0.15, 0.2) is 5.71 Å². The maximum Gasteiger partial charge on any atom is 0.170 e. The third-order valence-corrected chi connectivity index (χ3v) is 0.696. The summed E-state index contributed by atoms with van der Waals surface area (Å²) in [6, 6.07) is 1.81. The van der Waals surface area contributed by atoms with E-state index in [0.29, 0.717) is 0 Å². The van der Waals surface area contributed by atoms with Gasteiger partial charge in [-0.25, -0.2) is 0 Å². The molecular formula is C6H11N3O. The van der Waals surface area contributed by atoms with Crippen LogP contribution in [-0.4, -0.2) is 18.4 Å². The lowest BCUT2D eigenvalue weighted by atomic mass is 10.4. The van der Waals surface area contributed by atoms with Crippen molar-refractivity contribution in [1.82, 2.24) is 0 Å². The molecule has 0 heterocycles. The van der Waals surface area contributed by atoms with Gasteiger partial charge in [0.25, 0.3) is 0 Å². The molecule has 0 amide bonds. The summed E-state index contributed by atoms with van der Waals surface area (Å²) in [5, 5.41) is 11.8. The molecule has 0 saturated carbocycles. The fourth-order valence-electron chi connectivity index (χ4n) is 0.272. The van der Waals surface area contributed by atoms with Gasteiger partial charge in [0.05, 0.1) is 0 Å². The maximum atomic E-state index is 8.30. The molecule has 2 N–H and O–H groups in total. The predicted molar refractivity (Wildman–Crippen MR) is 38.3 cm³/mol. The lowest BCUT2D eigenvalue weighted by Gasteiger charge is -2.00. The van der Waals surface area contributed by atoms with Crippen molar-refractivity contribution in [3.63, 3.8) is 0 Å². The zero-order chi connectivity index (χ0) is 7.98. The van der Waals surface area contributed by atoms with Crippen molar-refractivity contribution in [3.8, 4) is 6.07 Å². The number of oxime groups is 1. The van der Waals surface area contributed by atoms with Crippen molar-refractivity contribution >= 4 is 5.71 Å². The summed E-state index contributed by atoms with van der Waals surface area (Å²) in [6.07, 6.45) is -0.00472. The third-order valence-electron chi connectivity index (χ3n) is 0.696. The molecule has 0 spiro atoms. The van der Waals surface area contributed by atoms with Gasteiger partial charge in [-0.2, -0.15) is 5.26 Å². The van der Waals surface area contributed by atoms with E-state index in [1.165, 1.54) is 0 Å². The summed E-state index contributed by atoms with van der Waals surface area (Å²) in [5.41, 5.74) is 5.35. The van der Waals surface area contributed by atoms with Gasteiger partial charge >= 0.3 is 0 Å². The van der Waals surface area contributed by atoms with Gasteiger partial charge in [0, 0.05) is 6.54 Å². The molecule has 0 aliphatic carbocycles. The highest BCUT2D eigenvalue weighted by Crippen LogP contribution is 1.88. The van der Waals surface area contributed by atoms with Crippen LogP contribution in [-0.2, 0) is 4.84 Å². The Morgan fingerprint density at radius 2 is 2.40 bits per heavy atom. The molecule has 56 valence electrons. The van der Waals surface area contributed by atoms with Gasteiger partial charge < -0.3 is 10.6 Å². The molecule has 0 rings (SSSR count). The Kier molecular flexibility index (Phi) is 4.25. The molecule has 0 saturated heterocycles. The van der Waals surface area contributed by atoms with E-state index in [0.717, 1.165) is 0 Å². The van der Waals surface area contributed by atoms with E-state index < -0.39 is 0 Å². The van der Waals surface area contributed by atoms with Crippen LogP contribution >= 0.6 is 0 Å². The normalized spacial score (nSPS) is 11.3. The Hall–Kier alpha value is -1.08. The summed E-state index contributed by atoms with van der Waals surface area (Å²) >= 11 is 0. The van der Waals surface area contributed by atoms with Gasteiger partial charge in [-0.15, -0.1) is 0 Å². The molecule has 0 aromatic heterocycles. The molecule has 0 aliphatic heterocycles. The van der Waals surface area contributed by atoms with E-state index >= 15 is 0 Å². The number of nitrogens with two attached hydrogens (primary N) is 1. The minimum absolute atomic E-state index is 0.00472. The topological polar surface area (TPSA) is 71.4 Å². The highest BCUT2D eigenvalue weighted by molar-refractivity contribution is 5.99. The van der Waals surface area contributed by atoms with Crippen molar-refractivity contribution in [2.45, 2.75) is 20.0 Å². The molecule has 0 atom stereocenters. The lowest BCUT2D eigenvalue weighted by Crippen LogP contribution is -2.12. The van der Waals surface area contributed by atoms with Crippen LogP contribution in [0.3, 0.4) is 0 Å². The average molecular weight is 141 g/mol. The molecule has 10 heavy (non-hydrogen) atoms. The first kappa shape index (κ1) is 8.92. The van der Waals surface area contributed by atoms with Gasteiger partial charge in [0.2, 0.25) is 0 Å². The minimum atomic E-state index is -0.00472. The first-order valence-electron chi connectivity index (χ1n) is 3.03. The van der Waals surface area contributed by atoms with E-state index in [-0.39, 0.29) is 18.4 Å². The van der Waals surface area contributed by atoms with Crippen LogP contribution in [0.25, 0.3) is 0 Å². The van der Waals surface area contributed by atoms with E-state index in [1.807, 2.05) is 19.9 Å². The van der Waals surface area contributed by atoms with Crippen molar-refractivity contribution in [2.75, 3.05) is 6.54 Å². The SMILES string of the molecule is CC(C)ON=C(C#N)CN. The number of nitriles is 1. The van der Waals surface area contributed by atoms with Crippen LogP contribution in [0.15, 0.2) is 5.16 Å². The van der Waals surface area contributed by atoms with Crippen LogP contribution in [0, 0.1) is 11.3 Å². The standard InChI is InChI=1S/C6H11N3O/c1-5(2)10-9-6(3-7)4-8/h5H,3,7H2,1-2H3. The van der Waals surface area contributed by atoms with Gasteiger partial charge in [-0.05, 0) is 13.8 Å². The third kappa shape index (κ3) is 3.87. The maximum absolute atomic E-state index is 8.30. The monoisotopic (exact) mass is 141 g/mol. The fraction of sp³-hybridized carbons (Fsp3) is 0.667. The summed E-state index contributed by atoms with van der Waals surface area (Å²) in [7, 11) is 0. The van der Waals surface area contributed by atoms with Gasteiger partial charge in [0.1, 0.15) is 12.2 Å². The lowest BCUT2D eigenvalue weighted by molar-refractivity contribution is 0.0861. The Balaban J connectivity index is 3.78. The molecule has 0 aliphatic rings. The quantitative estimate of drug-likeness (QED) is 0.452. The molecular weight excluding hydrogens is 130 g/mol. The largest absolute Gasteiger partial charge is 0.392 e. The minimum Gasteiger partial charge on any atom is -0.392 e. The Bertz CT molecular complexity index is 157. The smallest absolute Gasteiger partial charge is 0.170 e. The van der Waals surface area contributed by atoms with Crippen LogP contribution in [0.1, 0.15) is 13.8 Å². The van der Waals surface area contributed by atoms with Crippen molar-refractivity contribution in [3.05, 3.63) is 0 Å². The van der Waals surface area contributed by atoms with Crippen molar-refractivity contribution in [2.24, 2.45) is 10.9 Å². The number of hydrogen-bond acceptors (Lipinski definition) is 4. The summed E-state index contributed by atoms with van der Waals surface area (Å²) < 4.78 is 0. The Morgan fingerprint density at radius 1 is 1.80 bits per heavy atom. The van der Waals surface area contributed by atoms with Crippen LogP contribution in [0.4, 0.5) is 0 Å². The second-order valence-electron chi connectivity index (χ2n) is 2.01. The molecule has 0 bridgehead atoms. The Morgan fingerprint density at radius 3 is 2.70 bits per heavy atom. The van der Waals surface area contributed by atoms with E-state index in [9.17, 15) is 0 Å². The zero-order valence-corrected chi connectivity index (χ0v) is 6.16. The van der Waals surface area contributed by atoms with E-state index in [1.54, 1.807) is 0 Å². The number of rotatable bonds is 3. The Labute approximate surface area is 60.3 Å². The predicted octanol–water partition coefficient (Wildman–Crippen LogP) is 0.250. The highest BCUT2D eigenvalue weighted by Gasteiger charge is 1.94. The average Bonchev–Trinajstić information content (AvgIpc) is 1.90. The van der Waals surface area contributed by atoms with E-state index in [2.05, 4.69) is 5.16 Å². The van der Waals surface area contributed by atoms with Crippen LogP contribution in [0.5, 0.6) is 0 Å². The van der Waals surface area contributed by atoms with Crippen LogP contribution < -0.4 is 5.73 Å². The second kappa shape index (κ2) is 4.77. The molecule has 4 nitrogen and oxygen atoms in total.